The van der Waals surface area contributed by atoms with Crippen LogP contribution in [-0.4, -0.2) is 19.3 Å². The second kappa shape index (κ2) is 5.61. The molecule has 0 aliphatic heterocycles. The summed E-state index contributed by atoms with van der Waals surface area (Å²) in [5.41, 5.74) is 2.20. The molecule has 0 spiro atoms. The molecule has 0 saturated carbocycles. The summed E-state index contributed by atoms with van der Waals surface area (Å²) in [5.74, 6) is -1.40. The highest BCUT2D eigenvalue weighted by Gasteiger charge is 2.17. The molecule has 0 radical (unpaired) electrons. The van der Waals surface area contributed by atoms with Crippen LogP contribution in [0, 0.1) is 5.82 Å². The van der Waals surface area contributed by atoms with Gasteiger partial charge in [-0.25, -0.2) is 12.8 Å². The molecule has 1 amide bonds. The number of sulfonamides is 1. The number of hydrogen-bond donors (Lipinski definition) is 3. The summed E-state index contributed by atoms with van der Waals surface area (Å²) in [6.45, 7) is 0. The van der Waals surface area contributed by atoms with Gasteiger partial charge >= 0.3 is 0 Å². The first-order chi connectivity index (χ1) is 9.40. The maximum atomic E-state index is 13.0. The van der Waals surface area contributed by atoms with Crippen LogP contribution in [-0.2, 0) is 10.0 Å². The first-order valence-corrected chi connectivity index (χ1v) is 7.17. The Morgan fingerprint density at radius 1 is 1.30 bits per heavy atom. The number of amides is 1. The van der Waals surface area contributed by atoms with Crippen LogP contribution < -0.4 is 10.3 Å². The molecule has 9 heteroatoms. The van der Waals surface area contributed by atoms with Gasteiger partial charge < -0.3 is 4.98 Å². The van der Waals surface area contributed by atoms with Crippen molar-refractivity contribution >= 4 is 27.5 Å². The second-order valence-electron chi connectivity index (χ2n) is 3.72. The molecule has 2 aromatic rings. The molecule has 1 heterocycles. The Kier molecular flexibility index (Phi) is 4.07. The molecule has 106 valence electrons. The van der Waals surface area contributed by atoms with Gasteiger partial charge in [0, 0.05) is 6.20 Å². The summed E-state index contributed by atoms with van der Waals surface area (Å²) in [6, 6.07) is 5.95. The molecule has 0 unspecified atom stereocenters. The average Bonchev–Trinajstić information content (AvgIpc) is 2.93. The minimum Gasteiger partial charge on any atom is -0.357 e. The number of aromatic amines is 1. The monoisotopic (exact) mass is 317 g/mol. The van der Waals surface area contributed by atoms with E-state index in [0.29, 0.717) is 0 Å². The van der Waals surface area contributed by atoms with E-state index in [-0.39, 0.29) is 15.6 Å². The van der Waals surface area contributed by atoms with Crippen molar-refractivity contribution in [3.63, 3.8) is 0 Å². The number of rotatable bonds is 4. The maximum absolute atomic E-state index is 13.0. The van der Waals surface area contributed by atoms with Crippen molar-refractivity contribution in [2.24, 2.45) is 0 Å². The lowest BCUT2D eigenvalue weighted by Gasteiger charge is -2.08. The van der Waals surface area contributed by atoms with Crippen LogP contribution in [0.25, 0.3) is 0 Å². The van der Waals surface area contributed by atoms with Gasteiger partial charge in [0.25, 0.3) is 15.9 Å². The number of H-pyrrole nitrogens is 1. The lowest BCUT2D eigenvalue weighted by molar-refractivity contribution is 0.0940. The molecule has 1 aromatic carbocycles. The quantitative estimate of drug-likeness (QED) is 0.745. The van der Waals surface area contributed by atoms with Gasteiger partial charge in [0.2, 0.25) is 0 Å². The van der Waals surface area contributed by atoms with Crippen molar-refractivity contribution < 1.29 is 17.6 Å². The van der Waals surface area contributed by atoms with E-state index in [1.165, 1.54) is 12.3 Å². The molecule has 1 aromatic heterocycles. The standard InChI is InChI=1S/C11H9ClFN3O3S/c12-8-6-7(3-4-9(8)13)20(18,19)16-15-11(17)10-2-1-5-14-10/h1-6,14,16H,(H,15,17). The summed E-state index contributed by atoms with van der Waals surface area (Å²) in [7, 11) is -4.03. The highest BCUT2D eigenvalue weighted by Crippen LogP contribution is 2.18. The molecule has 6 nitrogen and oxygen atoms in total. The maximum Gasteiger partial charge on any atom is 0.282 e. The molecule has 0 aliphatic carbocycles. The van der Waals surface area contributed by atoms with Gasteiger partial charge in [-0.2, -0.15) is 0 Å². The molecule has 0 aliphatic rings. The number of hydrogen-bond acceptors (Lipinski definition) is 3. The molecule has 0 fully saturated rings. The largest absolute Gasteiger partial charge is 0.357 e. The fourth-order valence-electron chi connectivity index (χ4n) is 1.36. The van der Waals surface area contributed by atoms with E-state index in [0.717, 1.165) is 18.2 Å². The summed E-state index contributed by atoms with van der Waals surface area (Å²) in [5, 5.41) is -0.330. The molecule has 2 rings (SSSR count). The van der Waals surface area contributed by atoms with Gasteiger partial charge in [-0.3, -0.25) is 10.2 Å². The number of hydrazine groups is 1. The topological polar surface area (TPSA) is 91.1 Å². The van der Waals surface area contributed by atoms with E-state index in [2.05, 4.69) is 4.98 Å². The normalized spacial score (nSPS) is 11.3. The van der Waals surface area contributed by atoms with E-state index in [1.807, 2.05) is 10.3 Å². The van der Waals surface area contributed by atoms with E-state index in [4.69, 9.17) is 11.6 Å². The van der Waals surface area contributed by atoms with E-state index >= 15 is 0 Å². The predicted molar refractivity (Wildman–Crippen MR) is 70.0 cm³/mol. The highest BCUT2D eigenvalue weighted by atomic mass is 35.5. The fourth-order valence-corrected chi connectivity index (χ4v) is 2.47. The predicted octanol–water partition coefficient (Wildman–Crippen LogP) is 1.43. The number of nitrogens with one attached hydrogen (secondary N) is 3. The Bertz CT molecular complexity index is 731. The van der Waals surface area contributed by atoms with Gasteiger partial charge in [0.05, 0.1) is 9.92 Å². The van der Waals surface area contributed by atoms with Gasteiger partial charge in [-0.1, -0.05) is 11.6 Å². The third kappa shape index (κ3) is 3.16. The van der Waals surface area contributed by atoms with Crippen molar-refractivity contribution in [3.8, 4) is 0 Å². The first-order valence-electron chi connectivity index (χ1n) is 5.31. The van der Waals surface area contributed by atoms with Crippen molar-refractivity contribution in [1.29, 1.82) is 0 Å². The van der Waals surface area contributed by atoms with Crippen LogP contribution >= 0.6 is 11.6 Å². The second-order valence-corrected chi connectivity index (χ2v) is 5.81. The number of halogens is 2. The van der Waals surface area contributed by atoms with Crippen LogP contribution in [0.2, 0.25) is 5.02 Å². The van der Waals surface area contributed by atoms with Crippen LogP contribution in [0.4, 0.5) is 4.39 Å². The van der Waals surface area contributed by atoms with Crippen molar-refractivity contribution in [1.82, 2.24) is 15.2 Å². The van der Waals surface area contributed by atoms with Crippen LogP contribution in [0.5, 0.6) is 0 Å². The third-order valence-electron chi connectivity index (χ3n) is 2.34. The molecular formula is C11H9ClFN3O3S. The van der Waals surface area contributed by atoms with Crippen molar-refractivity contribution in [3.05, 3.63) is 53.1 Å². The zero-order chi connectivity index (χ0) is 14.8. The van der Waals surface area contributed by atoms with Crippen molar-refractivity contribution in [2.75, 3.05) is 0 Å². The van der Waals surface area contributed by atoms with Gasteiger partial charge in [-0.15, -0.1) is 4.83 Å². The molecule has 3 N–H and O–H groups in total. The Morgan fingerprint density at radius 3 is 2.65 bits per heavy atom. The lowest BCUT2D eigenvalue weighted by Crippen LogP contribution is -2.41. The Hall–Kier alpha value is -1.90. The zero-order valence-corrected chi connectivity index (χ0v) is 11.4. The summed E-state index contributed by atoms with van der Waals surface area (Å²) < 4.78 is 36.7. The van der Waals surface area contributed by atoms with Gasteiger partial charge in [0.15, 0.2) is 0 Å². The van der Waals surface area contributed by atoms with Crippen LogP contribution in [0.3, 0.4) is 0 Å². The fraction of sp³-hybridized carbons (Fsp3) is 0. The van der Waals surface area contributed by atoms with Crippen molar-refractivity contribution in [2.45, 2.75) is 4.90 Å². The molecule has 0 saturated heterocycles. The molecule has 0 atom stereocenters. The van der Waals surface area contributed by atoms with Gasteiger partial charge in [-0.05, 0) is 30.3 Å². The number of carbonyl (C=O) groups excluding carboxylic acids is 1. The third-order valence-corrected chi connectivity index (χ3v) is 3.88. The summed E-state index contributed by atoms with van der Waals surface area (Å²) >= 11 is 5.50. The SMILES string of the molecule is O=C(NNS(=O)(=O)c1ccc(F)c(Cl)c1)c1ccc[nH]1. The number of carbonyl (C=O) groups is 1. The molecule has 0 bridgehead atoms. The number of benzene rings is 1. The average molecular weight is 318 g/mol. The summed E-state index contributed by atoms with van der Waals surface area (Å²) in [4.78, 5) is 15.8. The van der Waals surface area contributed by atoms with E-state index < -0.39 is 21.7 Å². The van der Waals surface area contributed by atoms with Gasteiger partial charge in [0.1, 0.15) is 11.5 Å². The molecule has 20 heavy (non-hydrogen) atoms. The van der Waals surface area contributed by atoms with Crippen LogP contribution in [0.1, 0.15) is 10.5 Å². The minimum atomic E-state index is -4.03. The van der Waals surface area contributed by atoms with Crippen LogP contribution in [0.15, 0.2) is 41.4 Å². The summed E-state index contributed by atoms with van der Waals surface area (Å²) in [6.07, 6.45) is 1.52. The Labute approximate surface area is 119 Å². The zero-order valence-electron chi connectivity index (χ0n) is 9.85. The van der Waals surface area contributed by atoms with E-state index in [1.54, 1.807) is 6.07 Å². The smallest absolute Gasteiger partial charge is 0.282 e. The Morgan fingerprint density at radius 2 is 2.05 bits per heavy atom. The highest BCUT2D eigenvalue weighted by molar-refractivity contribution is 7.89. The minimum absolute atomic E-state index is 0.185. The molecular weight excluding hydrogens is 309 g/mol. The number of aromatic nitrogens is 1. The Balaban J connectivity index is 2.11. The van der Waals surface area contributed by atoms with E-state index in [9.17, 15) is 17.6 Å². The first kappa shape index (κ1) is 14.5. The lowest BCUT2D eigenvalue weighted by atomic mass is 10.3.